The predicted molar refractivity (Wildman–Crippen MR) is 89.1 cm³/mol. The maximum Gasteiger partial charge on any atom is 0.257 e. The van der Waals surface area contributed by atoms with Gasteiger partial charge in [-0.3, -0.25) is 9.78 Å². The van der Waals surface area contributed by atoms with Crippen LogP contribution in [0.15, 0.2) is 55.2 Å². The quantitative estimate of drug-likeness (QED) is 0.805. The van der Waals surface area contributed by atoms with Crippen LogP contribution in [0.3, 0.4) is 0 Å². The number of rotatable bonds is 3. The van der Waals surface area contributed by atoms with Crippen LogP contribution in [-0.4, -0.2) is 20.9 Å². The Labute approximate surface area is 134 Å². The fraction of sp³-hybridized carbons (Fsp3) is 0.111. The molecule has 0 saturated heterocycles. The first kappa shape index (κ1) is 14.8. The minimum absolute atomic E-state index is 0.184. The topological polar surface area (TPSA) is 67.8 Å². The minimum Gasteiger partial charge on any atom is -0.322 e. The zero-order chi connectivity index (χ0) is 16.2. The van der Waals surface area contributed by atoms with Crippen LogP contribution in [0.1, 0.15) is 21.5 Å². The van der Waals surface area contributed by atoms with Gasteiger partial charge in [0.15, 0.2) is 0 Å². The maximum atomic E-state index is 12.3. The van der Waals surface area contributed by atoms with Crippen molar-refractivity contribution in [2.75, 3.05) is 5.32 Å². The van der Waals surface area contributed by atoms with Crippen molar-refractivity contribution in [2.45, 2.75) is 13.8 Å². The molecule has 2 heterocycles. The summed E-state index contributed by atoms with van der Waals surface area (Å²) < 4.78 is 0. The number of amides is 1. The van der Waals surface area contributed by atoms with Crippen LogP contribution in [-0.2, 0) is 0 Å². The lowest BCUT2D eigenvalue weighted by Crippen LogP contribution is -2.12. The van der Waals surface area contributed by atoms with Gasteiger partial charge in [0, 0.05) is 29.8 Å². The molecular weight excluding hydrogens is 288 g/mol. The lowest BCUT2D eigenvalue weighted by molar-refractivity contribution is 0.102. The van der Waals surface area contributed by atoms with E-state index in [2.05, 4.69) is 20.3 Å². The molecule has 0 aliphatic heterocycles. The number of aromatic nitrogens is 3. The largest absolute Gasteiger partial charge is 0.322 e. The summed E-state index contributed by atoms with van der Waals surface area (Å²) in [5.41, 5.74) is 5.16. The highest BCUT2D eigenvalue weighted by atomic mass is 16.1. The van der Waals surface area contributed by atoms with Crippen LogP contribution in [0.4, 0.5) is 5.69 Å². The van der Waals surface area contributed by atoms with Crippen molar-refractivity contribution in [1.82, 2.24) is 15.0 Å². The van der Waals surface area contributed by atoms with Gasteiger partial charge in [0.05, 0.1) is 11.3 Å². The average Bonchev–Trinajstić information content (AvgIpc) is 2.59. The third kappa shape index (κ3) is 3.40. The summed E-state index contributed by atoms with van der Waals surface area (Å²) in [5, 5.41) is 2.88. The molecule has 1 aromatic carbocycles. The SMILES string of the molecule is Cc1ccc(NC(=O)c2ccc(-c3cncnc3)nc2)cc1C. The summed E-state index contributed by atoms with van der Waals surface area (Å²) in [7, 11) is 0. The van der Waals surface area contributed by atoms with Gasteiger partial charge in [0.25, 0.3) is 5.91 Å². The van der Waals surface area contributed by atoms with E-state index in [1.807, 2.05) is 32.0 Å². The molecule has 3 aromatic rings. The molecule has 2 aromatic heterocycles. The normalized spacial score (nSPS) is 10.3. The minimum atomic E-state index is -0.184. The van der Waals surface area contributed by atoms with Gasteiger partial charge in [0.1, 0.15) is 6.33 Å². The Morgan fingerprint density at radius 1 is 0.957 bits per heavy atom. The summed E-state index contributed by atoms with van der Waals surface area (Å²) in [5.74, 6) is -0.184. The van der Waals surface area contributed by atoms with Gasteiger partial charge in [-0.1, -0.05) is 6.07 Å². The van der Waals surface area contributed by atoms with E-state index in [9.17, 15) is 4.79 Å². The summed E-state index contributed by atoms with van der Waals surface area (Å²) in [6.45, 7) is 4.06. The number of pyridine rings is 1. The lowest BCUT2D eigenvalue weighted by Gasteiger charge is -2.08. The van der Waals surface area contributed by atoms with Crippen LogP contribution < -0.4 is 5.32 Å². The summed E-state index contributed by atoms with van der Waals surface area (Å²) in [6, 6.07) is 9.36. The van der Waals surface area contributed by atoms with Gasteiger partial charge >= 0.3 is 0 Å². The van der Waals surface area contributed by atoms with Gasteiger partial charge in [-0.25, -0.2) is 9.97 Å². The molecule has 5 nitrogen and oxygen atoms in total. The molecule has 0 aliphatic carbocycles. The third-order valence-corrected chi connectivity index (χ3v) is 3.65. The molecule has 0 aliphatic rings. The first-order chi connectivity index (χ1) is 11.1. The van der Waals surface area contributed by atoms with E-state index in [0.717, 1.165) is 22.5 Å². The second-order valence-electron chi connectivity index (χ2n) is 5.31. The van der Waals surface area contributed by atoms with Crippen molar-refractivity contribution in [3.63, 3.8) is 0 Å². The van der Waals surface area contributed by atoms with Gasteiger partial charge in [-0.15, -0.1) is 0 Å². The zero-order valence-corrected chi connectivity index (χ0v) is 12.9. The first-order valence-electron chi connectivity index (χ1n) is 7.23. The smallest absolute Gasteiger partial charge is 0.257 e. The monoisotopic (exact) mass is 304 g/mol. The van der Waals surface area contributed by atoms with Gasteiger partial charge in [0.2, 0.25) is 0 Å². The molecule has 0 unspecified atom stereocenters. The summed E-state index contributed by atoms with van der Waals surface area (Å²) in [4.78, 5) is 24.5. The van der Waals surface area contributed by atoms with Crippen LogP contribution in [0.2, 0.25) is 0 Å². The number of carbonyl (C=O) groups is 1. The van der Waals surface area contributed by atoms with Crippen LogP contribution in [0, 0.1) is 13.8 Å². The van der Waals surface area contributed by atoms with Gasteiger partial charge in [-0.2, -0.15) is 0 Å². The van der Waals surface area contributed by atoms with E-state index in [4.69, 9.17) is 0 Å². The predicted octanol–water partition coefficient (Wildman–Crippen LogP) is 3.41. The number of nitrogens with one attached hydrogen (secondary N) is 1. The van der Waals surface area contributed by atoms with Crippen LogP contribution in [0.25, 0.3) is 11.3 Å². The molecule has 23 heavy (non-hydrogen) atoms. The number of aryl methyl sites for hydroxylation is 2. The molecule has 5 heteroatoms. The van der Waals surface area contributed by atoms with Crippen molar-refractivity contribution >= 4 is 11.6 Å². The molecule has 0 saturated carbocycles. The lowest BCUT2D eigenvalue weighted by atomic mass is 10.1. The number of hydrogen-bond acceptors (Lipinski definition) is 4. The molecule has 1 amide bonds. The Balaban J connectivity index is 1.76. The van der Waals surface area contributed by atoms with Crippen LogP contribution >= 0.6 is 0 Å². The number of benzene rings is 1. The highest BCUT2D eigenvalue weighted by Crippen LogP contribution is 2.17. The van der Waals surface area contributed by atoms with E-state index >= 15 is 0 Å². The fourth-order valence-corrected chi connectivity index (χ4v) is 2.15. The maximum absolute atomic E-state index is 12.3. The van der Waals surface area contributed by atoms with Crippen molar-refractivity contribution in [2.24, 2.45) is 0 Å². The van der Waals surface area contributed by atoms with Gasteiger partial charge in [-0.05, 0) is 49.2 Å². The Morgan fingerprint density at radius 2 is 1.74 bits per heavy atom. The first-order valence-corrected chi connectivity index (χ1v) is 7.23. The van der Waals surface area contributed by atoms with Crippen LogP contribution in [0.5, 0.6) is 0 Å². The molecule has 0 bridgehead atoms. The average molecular weight is 304 g/mol. The fourth-order valence-electron chi connectivity index (χ4n) is 2.15. The number of hydrogen-bond donors (Lipinski definition) is 1. The molecule has 0 spiro atoms. The van der Waals surface area contributed by atoms with E-state index in [0.29, 0.717) is 5.56 Å². The molecule has 0 radical (unpaired) electrons. The van der Waals surface area contributed by atoms with E-state index in [1.54, 1.807) is 30.7 Å². The number of nitrogens with zero attached hydrogens (tertiary/aromatic N) is 3. The zero-order valence-electron chi connectivity index (χ0n) is 12.9. The number of anilines is 1. The van der Waals surface area contributed by atoms with E-state index < -0.39 is 0 Å². The Morgan fingerprint density at radius 3 is 2.39 bits per heavy atom. The molecule has 0 fully saturated rings. The highest BCUT2D eigenvalue weighted by Gasteiger charge is 2.08. The Bertz CT molecular complexity index is 829. The highest BCUT2D eigenvalue weighted by molar-refractivity contribution is 6.04. The van der Waals surface area contributed by atoms with Crippen molar-refractivity contribution in [3.8, 4) is 11.3 Å². The molecule has 114 valence electrons. The molecule has 3 rings (SSSR count). The summed E-state index contributed by atoms with van der Waals surface area (Å²) in [6.07, 6.45) is 6.39. The second kappa shape index (κ2) is 6.36. The molecular formula is C18H16N4O. The van der Waals surface area contributed by atoms with E-state index in [1.165, 1.54) is 11.9 Å². The van der Waals surface area contributed by atoms with E-state index in [-0.39, 0.29) is 5.91 Å². The molecule has 1 N–H and O–H groups in total. The van der Waals surface area contributed by atoms with Crippen molar-refractivity contribution < 1.29 is 4.79 Å². The molecule has 0 atom stereocenters. The van der Waals surface area contributed by atoms with Gasteiger partial charge < -0.3 is 5.32 Å². The van der Waals surface area contributed by atoms with Crippen molar-refractivity contribution in [3.05, 3.63) is 71.9 Å². The Hall–Kier alpha value is -3.08. The second-order valence-corrected chi connectivity index (χ2v) is 5.31. The number of carbonyl (C=O) groups excluding carboxylic acids is 1. The Kier molecular flexibility index (Phi) is 4.10. The van der Waals surface area contributed by atoms with Crippen molar-refractivity contribution in [1.29, 1.82) is 0 Å². The third-order valence-electron chi connectivity index (χ3n) is 3.65. The summed E-state index contributed by atoms with van der Waals surface area (Å²) >= 11 is 0. The standard InChI is InChI=1S/C18H16N4O/c1-12-3-5-16(7-13(12)2)22-18(23)14-4-6-17(21-10-14)15-8-19-11-20-9-15/h3-11H,1-2H3,(H,22,23).